The van der Waals surface area contributed by atoms with Crippen molar-refractivity contribution in [3.63, 3.8) is 0 Å². The van der Waals surface area contributed by atoms with E-state index in [1.54, 1.807) is 19.1 Å². The minimum absolute atomic E-state index is 0.0656. The number of amides is 1. The van der Waals surface area contributed by atoms with Crippen molar-refractivity contribution in [2.45, 2.75) is 6.92 Å². The van der Waals surface area contributed by atoms with Gasteiger partial charge in [-0.05, 0) is 42.8 Å². The largest absolute Gasteiger partial charge is 0.465 e. The van der Waals surface area contributed by atoms with Crippen LogP contribution in [0.15, 0.2) is 36.4 Å². The van der Waals surface area contributed by atoms with Gasteiger partial charge in [-0.25, -0.2) is 9.59 Å². The summed E-state index contributed by atoms with van der Waals surface area (Å²) in [6.45, 7) is 1.23. The third-order valence-electron chi connectivity index (χ3n) is 3.42. The lowest BCUT2D eigenvalue weighted by Gasteiger charge is -2.11. The average Bonchev–Trinajstić information content (AvgIpc) is 2.62. The molecular formula is C18H15Cl2NO5. The molecule has 0 radical (unpaired) electrons. The molecule has 136 valence electrons. The quantitative estimate of drug-likeness (QED) is 0.776. The predicted octanol–water partition coefficient (Wildman–Crippen LogP) is 3.88. The molecule has 1 amide bonds. The zero-order valence-electron chi connectivity index (χ0n) is 14.0. The second kappa shape index (κ2) is 8.69. The Hall–Kier alpha value is -2.57. The number of halogens is 2. The van der Waals surface area contributed by atoms with Gasteiger partial charge in [0, 0.05) is 10.7 Å². The number of esters is 2. The highest BCUT2D eigenvalue weighted by molar-refractivity contribution is 6.35. The van der Waals surface area contributed by atoms with Crippen LogP contribution in [0.2, 0.25) is 10.0 Å². The fourth-order valence-corrected chi connectivity index (χ4v) is 2.42. The Morgan fingerprint density at radius 1 is 1.04 bits per heavy atom. The molecule has 8 heteroatoms. The Morgan fingerprint density at radius 2 is 1.77 bits per heavy atom. The van der Waals surface area contributed by atoms with Crippen LogP contribution in [0.4, 0.5) is 5.69 Å². The van der Waals surface area contributed by atoms with E-state index in [4.69, 9.17) is 27.9 Å². The van der Waals surface area contributed by atoms with Crippen LogP contribution in [-0.4, -0.2) is 31.6 Å². The molecule has 2 aromatic rings. The summed E-state index contributed by atoms with van der Waals surface area (Å²) in [5, 5.41) is 3.07. The zero-order valence-corrected chi connectivity index (χ0v) is 15.5. The highest BCUT2D eigenvalue weighted by Gasteiger charge is 2.15. The summed E-state index contributed by atoms with van der Waals surface area (Å²) < 4.78 is 9.59. The third kappa shape index (κ3) is 4.97. The minimum atomic E-state index is -0.771. The van der Waals surface area contributed by atoms with Gasteiger partial charge in [0.15, 0.2) is 6.61 Å². The van der Waals surface area contributed by atoms with E-state index in [2.05, 4.69) is 10.1 Å². The van der Waals surface area contributed by atoms with Crippen molar-refractivity contribution in [3.8, 4) is 0 Å². The van der Waals surface area contributed by atoms with E-state index in [1.807, 2.05) is 0 Å². The van der Waals surface area contributed by atoms with E-state index in [-0.39, 0.29) is 16.1 Å². The molecule has 0 saturated carbocycles. The molecule has 2 rings (SSSR count). The molecule has 0 aliphatic rings. The highest BCUT2D eigenvalue weighted by atomic mass is 35.5. The van der Waals surface area contributed by atoms with Crippen molar-refractivity contribution >= 4 is 46.7 Å². The molecule has 2 aromatic carbocycles. The molecule has 0 bridgehead atoms. The van der Waals surface area contributed by atoms with Gasteiger partial charge < -0.3 is 14.8 Å². The molecular weight excluding hydrogens is 381 g/mol. The van der Waals surface area contributed by atoms with Crippen LogP contribution in [-0.2, 0) is 14.3 Å². The first-order chi connectivity index (χ1) is 12.3. The van der Waals surface area contributed by atoms with Gasteiger partial charge in [-0.3, -0.25) is 4.79 Å². The fraction of sp³-hybridized carbons (Fsp3) is 0.167. The Kier molecular flexibility index (Phi) is 6.60. The number of rotatable bonds is 5. The number of methoxy groups -OCH3 is 1. The van der Waals surface area contributed by atoms with Crippen molar-refractivity contribution in [1.29, 1.82) is 0 Å². The molecule has 0 aliphatic heterocycles. The van der Waals surface area contributed by atoms with Crippen molar-refractivity contribution in [2.75, 3.05) is 19.0 Å². The first-order valence-electron chi connectivity index (χ1n) is 7.43. The van der Waals surface area contributed by atoms with Gasteiger partial charge in [-0.1, -0.05) is 29.3 Å². The number of anilines is 1. The van der Waals surface area contributed by atoms with Crippen molar-refractivity contribution in [3.05, 3.63) is 63.1 Å². The SMILES string of the molecule is COC(=O)c1ccc(C)c(NC(=O)COC(=O)c2cc(Cl)ccc2Cl)c1. The maximum Gasteiger partial charge on any atom is 0.340 e. The first kappa shape index (κ1) is 19.8. The molecule has 0 fully saturated rings. The third-order valence-corrected chi connectivity index (χ3v) is 3.98. The van der Waals surface area contributed by atoms with Crippen LogP contribution < -0.4 is 5.32 Å². The van der Waals surface area contributed by atoms with Gasteiger partial charge >= 0.3 is 11.9 Å². The summed E-state index contributed by atoms with van der Waals surface area (Å²) in [6.07, 6.45) is 0. The van der Waals surface area contributed by atoms with Crippen LogP contribution in [0, 0.1) is 6.92 Å². The Morgan fingerprint density at radius 3 is 2.46 bits per heavy atom. The van der Waals surface area contributed by atoms with E-state index in [0.29, 0.717) is 10.7 Å². The normalized spacial score (nSPS) is 10.2. The summed E-state index contributed by atoms with van der Waals surface area (Å²) in [7, 11) is 1.26. The Balaban J connectivity index is 2.02. The second-order valence-corrected chi connectivity index (χ2v) is 6.11. The van der Waals surface area contributed by atoms with Crippen LogP contribution in [0.3, 0.4) is 0 Å². The molecule has 26 heavy (non-hydrogen) atoms. The van der Waals surface area contributed by atoms with E-state index in [0.717, 1.165) is 5.56 Å². The highest BCUT2D eigenvalue weighted by Crippen LogP contribution is 2.21. The fourth-order valence-electron chi connectivity index (χ4n) is 2.05. The number of hydrogen-bond donors (Lipinski definition) is 1. The molecule has 0 heterocycles. The number of hydrogen-bond acceptors (Lipinski definition) is 5. The maximum absolute atomic E-state index is 12.0. The number of aryl methyl sites for hydroxylation is 1. The van der Waals surface area contributed by atoms with Crippen molar-refractivity contribution in [2.24, 2.45) is 0 Å². The lowest BCUT2D eigenvalue weighted by molar-refractivity contribution is -0.119. The van der Waals surface area contributed by atoms with Crippen LogP contribution in [0.25, 0.3) is 0 Å². The topological polar surface area (TPSA) is 81.7 Å². The van der Waals surface area contributed by atoms with Gasteiger partial charge in [0.2, 0.25) is 0 Å². The number of carbonyl (C=O) groups is 3. The Bertz CT molecular complexity index is 867. The summed E-state index contributed by atoms with van der Waals surface area (Å²) >= 11 is 11.7. The van der Waals surface area contributed by atoms with Crippen LogP contribution >= 0.6 is 23.2 Å². The summed E-state index contributed by atoms with van der Waals surface area (Å²) in [5.74, 6) is -1.86. The van der Waals surface area contributed by atoms with E-state index < -0.39 is 24.5 Å². The van der Waals surface area contributed by atoms with Gasteiger partial charge in [-0.2, -0.15) is 0 Å². The van der Waals surface area contributed by atoms with Crippen molar-refractivity contribution < 1.29 is 23.9 Å². The summed E-state index contributed by atoms with van der Waals surface area (Å²) in [4.78, 5) is 35.6. The number of nitrogens with one attached hydrogen (secondary N) is 1. The predicted molar refractivity (Wildman–Crippen MR) is 97.9 cm³/mol. The van der Waals surface area contributed by atoms with Gasteiger partial charge in [0.25, 0.3) is 5.91 Å². The lowest BCUT2D eigenvalue weighted by atomic mass is 10.1. The molecule has 0 aliphatic carbocycles. The first-order valence-corrected chi connectivity index (χ1v) is 8.18. The van der Waals surface area contributed by atoms with E-state index in [9.17, 15) is 14.4 Å². The molecule has 0 unspecified atom stereocenters. The molecule has 0 atom stereocenters. The minimum Gasteiger partial charge on any atom is -0.465 e. The van der Waals surface area contributed by atoms with Crippen molar-refractivity contribution in [1.82, 2.24) is 0 Å². The molecule has 1 N–H and O–H groups in total. The van der Waals surface area contributed by atoms with Gasteiger partial charge in [0.1, 0.15) is 0 Å². The zero-order chi connectivity index (χ0) is 19.3. The smallest absolute Gasteiger partial charge is 0.340 e. The summed E-state index contributed by atoms with van der Waals surface area (Å²) in [6, 6.07) is 9.08. The van der Waals surface area contributed by atoms with Crippen LogP contribution in [0.5, 0.6) is 0 Å². The summed E-state index contributed by atoms with van der Waals surface area (Å²) in [5.41, 5.74) is 1.50. The lowest BCUT2D eigenvalue weighted by Crippen LogP contribution is -2.21. The Labute approximate surface area is 160 Å². The average molecular weight is 396 g/mol. The molecule has 6 nitrogen and oxygen atoms in total. The number of benzene rings is 2. The molecule has 0 spiro atoms. The monoisotopic (exact) mass is 395 g/mol. The molecule has 0 saturated heterocycles. The van der Waals surface area contributed by atoms with E-state index >= 15 is 0 Å². The number of carbonyl (C=O) groups excluding carboxylic acids is 3. The van der Waals surface area contributed by atoms with Gasteiger partial charge in [-0.15, -0.1) is 0 Å². The van der Waals surface area contributed by atoms with Gasteiger partial charge in [0.05, 0.1) is 23.3 Å². The number of ether oxygens (including phenoxy) is 2. The van der Waals surface area contributed by atoms with Crippen LogP contribution in [0.1, 0.15) is 26.3 Å². The second-order valence-electron chi connectivity index (χ2n) is 5.27. The molecule has 0 aromatic heterocycles. The van der Waals surface area contributed by atoms with E-state index in [1.165, 1.54) is 31.4 Å². The standard InChI is InChI=1S/C18H15Cl2NO5/c1-10-3-4-11(17(23)25-2)7-15(10)21-16(22)9-26-18(24)13-8-12(19)5-6-14(13)20/h3-8H,9H2,1-2H3,(H,21,22). The maximum atomic E-state index is 12.0.